The molecule has 0 radical (unpaired) electrons. The summed E-state index contributed by atoms with van der Waals surface area (Å²) < 4.78 is 14.1. The fourth-order valence-corrected chi connectivity index (χ4v) is 4.49. The van der Waals surface area contributed by atoms with Gasteiger partial charge < -0.3 is 14.7 Å². The summed E-state index contributed by atoms with van der Waals surface area (Å²) in [6.07, 6.45) is 7.87. The monoisotopic (exact) mass is 396 g/mol. The Morgan fingerprint density at radius 2 is 1.83 bits per heavy atom. The van der Waals surface area contributed by atoms with Crippen molar-refractivity contribution in [3.8, 4) is 0 Å². The standard InChI is InChI=1S/C23H29FN4O/c1-2-19-7-5-6-10-28(19)23(29)18-15-20(17-25-16-18)26-11-13-27(14-12-26)22-9-4-3-8-21(22)24/h3-4,8-9,15-17,19H,2,5-7,10-14H2,1H3. The number of hydrogen-bond donors (Lipinski definition) is 0. The highest BCUT2D eigenvalue weighted by molar-refractivity contribution is 5.95. The molecule has 2 aliphatic heterocycles. The minimum atomic E-state index is -0.178. The van der Waals surface area contributed by atoms with Gasteiger partial charge >= 0.3 is 0 Å². The predicted molar refractivity (Wildman–Crippen MR) is 114 cm³/mol. The zero-order chi connectivity index (χ0) is 20.2. The number of pyridine rings is 1. The molecule has 1 aromatic heterocycles. The molecule has 5 nitrogen and oxygen atoms in total. The minimum Gasteiger partial charge on any atom is -0.367 e. The Kier molecular flexibility index (Phi) is 5.97. The van der Waals surface area contributed by atoms with Gasteiger partial charge in [-0.15, -0.1) is 0 Å². The predicted octanol–water partition coefficient (Wildman–Crippen LogP) is 3.95. The van der Waals surface area contributed by atoms with Crippen LogP contribution in [0.2, 0.25) is 0 Å². The highest BCUT2D eigenvalue weighted by Crippen LogP contribution is 2.25. The lowest BCUT2D eigenvalue weighted by Gasteiger charge is -2.38. The fraction of sp³-hybridized carbons (Fsp3) is 0.478. The molecule has 1 atom stereocenters. The van der Waals surface area contributed by atoms with E-state index >= 15 is 0 Å². The summed E-state index contributed by atoms with van der Waals surface area (Å²) in [6, 6.07) is 9.22. The summed E-state index contributed by atoms with van der Waals surface area (Å²) in [5, 5.41) is 0. The summed E-state index contributed by atoms with van der Waals surface area (Å²) >= 11 is 0. The van der Waals surface area contributed by atoms with Gasteiger partial charge in [0, 0.05) is 45.0 Å². The second-order valence-electron chi connectivity index (χ2n) is 7.91. The van der Waals surface area contributed by atoms with Crippen LogP contribution >= 0.6 is 0 Å². The zero-order valence-corrected chi connectivity index (χ0v) is 17.1. The summed E-state index contributed by atoms with van der Waals surface area (Å²) in [5.74, 6) is -0.0851. The van der Waals surface area contributed by atoms with Crippen LogP contribution < -0.4 is 9.80 Å². The van der Waals surface area contributed by atoms with Crippen LogP contribution in [0.1, 0.15) is 43.0 Å². The van der Waals surface area contributed by atoms with Gasteiger partial charge in [-0.1, -0.05) is 19.1 Å². The molecule has 0 saturated carbocycles. The van der Waals surface area contributed by atoms with E-state index in [9.17, 15) is 9.18 Å². The van der Waals surface area contributed by atoms with Gasteiger partial charge in [-0.3, -0.25) is 9.78 Å². The van der Waals surface area contributed by atoms with Crippen LogP contribution in [0, 0.1) is 5.82 Å². The van der Waals surface area contributed by atoms with Crippen molar-refractivity contribution >= 4 is 17.3 Å². The molecule has 0 bridgehead atoms. The van der Waals surface area contributed by atoms with Crippen LogP contribution in [0.25, 0.3) is 0 Å². The number of piperazine rings is 1. The lowest BCUT2D eigenvalue weighted by atomic mass is 9.99. The second kappa shape index (κ2) is 8.80. The number of aromatic nitrogens is 1. The van der Waals surface area contributed by atoms with Crippen molar-refractivity contribution in [2.24, 2.45) is 0 Å². The number of halogens is 1. The molecule has 1 unspecified atom stereocenters. The average molecular weight is 397 g/mol. The van der Waals surface area contributed by atoms with Crippen LogP contribution in [-0.2, 0) is 0 Å². The van der Waals surface area contributed by atoms with Crippen LogP contribution in [-0.4, -0.2) is 54.6 Å². The Balaban J connectivity index is 1.44. The maximum absolute atomic E-state index is 14.1. The van der Waals surface area contributed by atoms with E-state index in [-0.39, 0.29) is 11.7 Å². The quantitative estimate of drug-likeness (QED) is 0.785. The molecular formula is C23H29FN4O. The van der Waals surface area contributed by atoms with Crippen molar-refractivity contribution in [2.75, 3.05) is 42.5 Å². The SMILES string of the molecule is CCC1CCCCN1C(=O)c1cncc(N2CCN(c3ccccc3F)CC2)c1. The van der Waals surface area contributed by atoms with E-state index < -0.39 is 0 Å². The highest BCUT2D eigenvalue weighted by atomic mass is 19.1. The molecule has 6 heteroatoms. The van der Waals surface area contributed by atoms with E-state index in [1.165, 1.54) is 12.5 Å². The normalized spacial score (nSPS) is 20.1. The van der Waals surface area contributed by atoms with Gasteiger partial charge in [-0.25, -0.2) is 4.39 Å². The third kappa shape index (κ3) is 4.21. The molecule has 29 heavy (non-hydrogen) atoms. The van der Waals surface area contributed by atoms with Crippen LogP contribution in [0.4, 0.5) is 15.8 Å². The lowest BCUT2D eigenvalue weighted by molar-refractivity contribution is 0.0607. The summed E-state index contributed by atoms with van der Waals surface area (Å²) in [7, 11) is 0. The van der Waals surface area contributed by atoms with Crippen molar-refractivity contribution in [2.45, 2.75) is 38.6 Å². The first kappa shape index (κ1) is 19.7. The number of hydrogen-bond acceptors (Lipinski definition) is 4. The van der Waals surface area contributed by atoms with Crippen LogP contribution in [0.15, 0.2) is 42.7 Å². The largest absolute Gasteiger partial charge is 0.367 e. The Labute approximate surface area is 172 Å². The van der Waals surface area contributed by atoms with E-state index in [2.05, 4.69) is 21.7 Å². The number of nitrogens with zero attached hydrogens (tertiary/aromatic N) is 4. The van der Waals surface area contributed by atoms with E-state index in [1.54, 1.807) is 12.3 Å². The topological polar surface area (TPSA) is 39.7 Å². The van der Waals surface area contributed by atoms with Crippen LogP contribution in [0.5, 0.6) is 0 Å². The molecule has 1 amide bonds. The maximum atomic E-state index is 14.1. The van der Waals surface area contributed by atoms with Gasteiger partial charge in [0.15, 0.2) is 0 Å². The van der Waals surface area contributed by atoms with Crippen molar-refractivity contribution in [3.05, 3.63) is 54.1 Å². The van der Waals surface area contributed by atoms with Gasteiger partial charge in [0.2, 0.25) is 0 Å². The molecule has 154 valence electrons. The molecular weight excluding hydrogens is 367 g/mol. The molecule has 0 spiro atoms. The van der Waals surface area contributed by atoms with E-state index in [1.807, 2.05) is 29.3 Å². The number of benzene rings is 1. The Morgan fingerprint density at radius 3 is 2.59 bits per heavy atom. The first-order valence-electron chi connectivity index (χ1n) is 10.7. The first-order chi connectivity index (χ1) is 14.2. The molecule has 4 rings (SSSR count). The van der Waals surface area contributed by atoms with Gasteiger partial charge in [0.1, 0.15) is 5.82 Å². The lowest BCUT2D eigenvalue weighted by Crippen LogP contribution is -2.47. The molecule has 0 aliphatic carbocycles. The molecule has 2 fully saturated rings. The third-order valence-corrected chi connectivity index (χ3v) is 6.17. The van der Waals surface area contributed by atoms with E-state index in [0.29, 0.717) is 17.3 Å². The fourth-order valence-electron chi connectivity index (χ4n) is 4.49. The number of rotatable bonds is 4. The molecule has 1 aromatic carbocycles. The Morgan fingerprint density at radius 1 is 1.07 bits per heavy atom. The second-order valence-corrected chi connectivity index (χ2v) is 7.91. The van der Waals surface area contributed by atoms with Crippen molar-refractivity contribution in [1.29, 1.82) is 0 Å². The highest BCUT2D eigenvalue weighted by Gasteiger charge is 2.27. The molecule has 0 N–H and O–H groups in total. The van der Waals surface area contributed by atoms with Crippen molar-refractivity contribution < 1.29 is 9.18 Å². The molecule has 2 saturated heterocycles. The van der Waals surface area contributed by atoms with E-state index in [0.717, 1.165) is 57.7 Å². The number of carbonyl (C=O) groups is 1. The number of likely N-dealkylation sites (tertiary alicyclic amines) is 1. The first-order valence-corrected chi connectivity index (χ1v) is 10.7. The third-order valence-electron chi connectivity index (χ3n) is 6.17. The molecule has 3 heterocycles. The van der Waals surface area contributed by atoms with Gasteiger partial charge in [0.05, 0.1) is 23.1 Å². The van der Waals surface area contributed by atoms with Gasteiger partial charge in [-0.2, -0.15) is 0 Å². The zero-order valence-electron chi connectivity index (χ0n) is 17.1. The minimum absolute atomic E-state index is 0.0934. The summed E-state index contributed by atoms with van der Waals surface area (Å²) in [4.78, 5) is 23.8. The number of piperidine rings is 1. The van der Waals surface area contributed by atoms with Crippen molar-refractivity contribution in [1.82, 2.24) is 9.88 Å². The number of amides is 1. The average Bonchev–Trinajstić information content (AvgIpc) is 2.79. The molecule has 2 aromatic rings. The maximum Gasteiger partial charge on any atom is 0.255 e. The number of anilines is 2. The summed E-state index contributed by atoms with van der Waals surface area (Å²) in [6.45, 7) is 6.01. The van der Waals surface area contributed by atoms with Gasteiger partial charge in [-0.05, 0) is 43.9 Å². The Bertz CT molecular complexity index is 850. The number of carbonyl (C=O) groups excluding carboxylic acids is 1. The van der Waals surface area contributed by atoms with Crippen molar-refractivity contribution in [3.63, 3.8) is 0 Å². The Hall–Kier alpha value is -2.63. The van der Waals surface area contributed by atoms with E-state index in [4.69, 9.17) is 0 Å². The molecule has 2 aliphatic rings. The van der Waals surface area contributed by atoms with Gasteiger partial charge in [0.25, 0.3) is 5.91 Å². The summed E-state index contributed by atoms with van der Waals surface area (Å²) in [5.41, 5.74) is 2.29. The number of para-hydroxylation sites is 1. The van der Waals surface area contributed by atoms with Crippen LogP contribution in [0.3, 0.4) is 0 Å². The smallest absolute Gasteiger partial charge is 0.255 e.